The van der Waals surface area contributed by atoms with E-state index in [4.69, 9.17) is 11.6 Å². The van der Waals surface area contributed by atoms with Crippen LogP contribution in [0, 0.1) is 0 Å². The predicted molar refractivity (Wildman–Crippen MR) is 134 cm³/mol. The molecular weight excluding hydrogens is 498 g/mol. The lowest BCUT2D eigenvalue weighted by atomic mass is 9.91. The summed E-state index contributed by atoms with van der Waals surface area (Å²) in [5, 5.41) is 15.7. The summed E-state index contributed by atoms with van der Waals surface area (Å²) in [4.78, 5) is 55.2. The molecular formula is C26H20ClN5O5. The molecule has 0 saturated carbocycles. The van der Waals surface area contributed by atoms with E-state index in [1.807, 2.05) is 0 Å². The second kappa shape index (κ2) is 9.49. The van der Waals surface area contributed by atoms with Crippen LogP contribution in [0.3, 0.4) is 0 Å². The van der Waals surface area contributed by atoms with Crippen molar-refractivity contribution in [1.29, 1.82) is 0 Å². The molecule has 2 heterocycles. The van der Waals surface area contributed by atoms with Crippen LogP contribution in [0.15, 0.2) is 77.8 Å². The van der Waals surface area contributed by atoms with Gasteiger partial charge in [-0.25, -0.2) is 10.0 Å². The first kappa shape index (κ1) is 24.2. The molecule has 4 amide bonds. The molecule has 3 aromatic rings. The van der Waals surface area contributed by atoms with Gasteiger partial charge < -0.3 is 10.4 Å². The third-order valence-corrected chi connectivity index (χ3v) is 6.28. The van der Waals surface area contributed by atoms with Gasteiger partial charge in [0.05, 0.1) is 23.4 Å². The van der Waals surface area contributed by atoms with E-state index in [2.05, 4.69) is 15.7 Å². The molecule has 11 heteroatoms. The minimum absolute atomic E-state index is 0.225. The van der Waals surface area contributed by atoms with E-state index in [1.54, 1.807) is 60.7 Å². The third-order valence-electron chi connectivity index (χ3n) is 6.04. The summed E-state index contributed by atoms with van der Waals surface area (Å²) in [6.07, 6.45) is 1.27. The maximum absolute atomic E-state index is 12.7. The predicted octanol–water partition coefficient (Wildman–Crippen LogP) is 1.95. The van der Waals surface area contributed by atoms with Gasteiger partial charge in [0, 0.05) is 16.1 Å². The minimum Gasteiger partial charge on any atom is -0.362 e. The van der Waals surface area contributed by atoms with E-state index < -0.39 is 42.4 Å². The Morgan fingerprint density at radius 1 is 0.919 bits per heavy atom. The van der Waals surface area contributed by atoms with E-state index in [-0.39, 0.29) is 11.1 Å². The average Bonchev–Trinajstić information content (AvgIpc) is 3.15. The van der Waals surface area contributed by atoms with Crippen molar-refractivity contribution in [2.24, 2.45) is 4.99 Å². The summed E-state index contributed by atoms with van der Waals surface area (Å²) in [5.74, 6) is -2.53. The highest BCUT2D eigenvalue weighted by atomic mass is 35.5. The Bertz CT molecular complexity index is 1430. The fraction of sp³-hybridized carbons (Fsp3) is 0.115. The van der Waals surface area contributed by atoms with Gasteiger partial charge in [0.1, 0.15) is 12.9 Å². The van der Waals surface area contributed by atoms with Crippen LogP contribution < -0.4 is 10.7 Å². The first-order valence-electron chi connectivity index (χ1n) is 11.2. The second-order valence-electron chi connectivity index (χ2n) is 8.37. The van der Waals surface area contributed by atoms with Gasteiger partial charge in [-0.2, -0.15) is 0 Å². The number of fused-ring (bicyclic) bond motifs is 2. The van der Waals surface area contributed by atoms with Crippen molar-refractivity contribution in [3.63, 3.8) is 0 Å². The SMILES string of the molecule is O=C(CN1C(=O)c2ccccc2C1=O)NCC(=O)NN1C=Nc2ccc(Cl)cc2C1(O)c1ccccc1. The summed E-state index contributed by atoms with van der Waals surface area (Å²) in [6, 6.07) is 19.8. The number of hydrogen-bond donors (Lipinski definition) is 3. The number of hydrogen-bond acceptors (Lipinski definition) is 7. The molecule has 0 fully saturated rings. The number of hydrazine groups is 1. The Balaban J connectivity index is 1.27. The van der Waals surface area contributed by atoms with Gasteiger partial charge >= 0.3 is 0 Å². The van der Waals surface area contributed by atoms with Crippen molar-refractivity contribution >= 4 is 47.3 Å². The van der Waals surface area contributed by atoms with Gasteiger partial charge in [0.25, 0.3) is 17.7 Å². The van der Waals surface area contributed by atoms with Crippen molar-refractivity contribution in [2.45, 2.75) is 5.72 Å². The number of nitrogens with one attached hydrogen (secondary N) is 2. The molecule has 37 heavy (non-hydrogen) atoms. The first-order valence-corrected chi connectivity index (χ1v) is 11.6. The Hall–Kier alpha value is -4.54. The lowest BCUT2D eigenvalue weighted by Crippen LogP contribution is -2.58. The number of carbonyl (C=O) groups excluding carboxylic acids is 4. The number of aliphatic imine (C=N–C) groups is 1. The Morgan fingerprint density at radius 2 is 1.57 bits per heavy atom. The van der Waals surface area contributed by atoms with E-state index in [0.717, 1.165) is 9.91 Å². The Kier molecular flexibility index (Phi) is 6.20. The average molecular weight is 518 g/mol. The van der Waals surface area contributed by atoms with Crippen molar-refractivity contribution < 1.29 is 24.3 Å². The largest absolute Gasteiger partial charge is 0.362 e. The van der Waals surface area contributed by atoms with E-state index >= 15 is 0 Å². The smallest absolute Gasteiger partial charge is 0.262 e. The fourth-order valence-corrected chi connectivity index (χ4v) is 4.42. The molecule has 1 atom stereocenters. The van der Waals surface area contributed by atoms with Gasteiger partial charge in [-0.15, -0.1) is 0 Å². The maximum Gasteiger partial charge on any atom is 0.262 e. The number of rotatable bonds is 6. The summed E-state index contributed by atoms with van der Waals surface area (Å²) >= 11 is 6.18. The summed E-state index contributed by atoms with van der Waals surface area (Å²) in [6.45, 7) is -1.02. The monoisotopic (exact) mass is 517 g/mol. The molecule has 0 radical (unpaired) electrons. The molecule has 3 N–H and O–H groups in total. The zero-order chi connectivity index (χ0) is 26.2. The summed E-state index contributed by atoms with van der Waals surface area (Å²) < 4.78 is 0. The van der Waals surface area contributed by atoms with E-state index in [1.165, 1.54) is 18.5 Å². The number of benzene rings is 3. The van der Waals surface area contributed by atoms with Crippen LogP contribution in [0.4, 0.5) is 5.69 Å². The highest BCUT2D eigenvalue weighted by molar-refractivity contribution is 6.30. The summed E-state index contributed by atoms with van der Waals surface area (Å²) in [5.41, 5.74) is 2.41. The number of carbonyl (C=O) groups is 4. The molecule has 2 aliphatic heterocycles. The van der Waals surface area contributed by atoms with E-state index in [0.29, 0.717) is 21.8 Å². The standard InChI is InChI=1S/C26H20ClN5O5/c27-17-10-11-21-20(12-17)26(37,16-6-2-1-3-7-16)32(15-29-21)30-22(33)13-28-23(34)14-31-24(35)18-8-4-5-9-19(18)25(31)36/h1-12,15,37H,13-14H2,(H,28,34)(H,30,33). The number of halogens is 1. The summed E-state index contributed by atoms with van der Waals surface area (Å²) in [7, 11) is 0. The quantitative estimate of drug-likeness (QED) is 0.428. The maximum atomic E-state index is 12.7. The number of aliphatic hydroxyl groups is 1. The zero-order valence-corrected chi connectivity index (χ0v) is 20.0. The number of nitrogens with zero attached hydrogens (tertiary/aromatic N) is 3. The van der Waals surface area contributed by atoms with Crippen molar-refractivity contribution in [2.75, 3.05) is 13.1 Å². The molecule has 5 rings (SSSR count). The molecule has 0 aliphatic carbocycles. The van der Waals surface area contributed by atoms with Gasteiger partial charge in [-0.1, -0.05) is 54.1 Å². The van der Waals surface area contributed by atoms with Crippen LogP contribution in [-0.4, -0.2) is 58.1 Å². The molecule has 0 bridgehead atoms. The first-order chi connectivity index (χ1) is 17.8. The fourth-order valence-electron chi connectivity index (χ4n) is 4.24. The highest BCUT2D eigenvalue weighted by Crippen LogP contribution is 2.41. The molecule has 2 aliphatic rings. The lowest BCUT2D eigenvalue weighted by molar-refractivity contribution is -0.134. The van der Waals surface area contributed by atoms with E-state index in [9.17, 15) is 24.3 Å². The highest BCUT2D eigenvalue weighted by Gasteiger charge is 2.43. The number of amides is 4. The molecule has 0 aromatic heterocycles. The molecule has 10 nitrogen and oxygen atoms in total. The van der Waals surface area contributed by atoms with Crippen LogP contribution >= 0.6 is 11.6 Å². The Labute approximate surface area is 216 Å². The van der Waals surface area contributed by atoms with Crippen LogP contribution in [0.25, 0.3) is 0 Å². The molecule has 1 unspecified atom stereocenters. The minimum atomic E-state index is -1.84. The van der Waals surface area contributed by atoms with Crippen molar-refractivity contribution in [3.05, 3.63) is 100 Å². The van der Waals surface area contributed by atoms with Crippen molar-refractivity contribution in [1.82, 2.24) is 20.7 Å². The molecule has 0 spiro atoms. The lowest BCUT2D eigenvalue weighted by Gasteiger charge is -2.41. The van der Waals surface area contributed by atoms with Gasteiger partial charge in [-0.05, 0) is 30.3 Å². The van der Waals surface area contributed by atoms with Gasteiger partial charge in [-0.3, -0.25) is 29.5 Å². The third kappa shape index (κ3) is 4.32. The normalized spacial score (nSPS) is 17.9. The number of imide groups is 1. The Morgan fingerprint density at radius 3 is 2.24 bits per heavy atom. The van der Waals surface area contributed by atoms with Crippen LogP contribution in [0.5, 0.6) is 0 Å². The molecule has 3 aromatic carbocycles. The zero-order valence-electron chi connectivity index (χ0n) is 19.2. The molecule has 186 valence electrons. The van der Waals surface area contributed by atoms with Crippen LogP contribution in [-0.2, 0) is 15.3 Å². The van der Waals surface area contributed by atoms with Crippen LogP contribution in [0.2, 0.25) is 5.02 Å². The molecule has 0 saturated heterocycles. The van der Waals surface area contributed by atoms with Gasteiger partial charge in [0.2, 0.25) is 11.6 Å². The van der Waals surface area contributed by atoms with Crippen molar-refractivity contribution in [3.8, 4) is 0 Å². The van der Waals surface area contributed by atoms with Gasteiger partial charge in [0.15, 0.2) is 0 Å². The second-order valence-corrected chi connectivity index (χ2v) is 8.80. The van der Waals surface area contributed by atoms with Crippen LogP contribution in [0.1, 0.15) is 31.8 Å². The topological polar surface area (TPSA) is 131 Å².